The van der Waals surface area contributed by atoms with Crippen LogP contribution in [-0.2, 0) is 16.4 Å². The molecule has 2 aromatic carbocycles. The van der Waals surface area contributed by atoms with E-state index < -0.39 is 9.84 Å². The third-order valence-electron chi connectivity index (χ3n) is 2.92. The van der Waals surface area contributed by atoms with E-state index in [0.29, 0.717) is 18.0 Å². The molecule has 4 nitrogen and oxygen atoms in total. The zero-order valence-corrected chi connectivity index (χ0v) is 11.8. The highest BCUT2D eigenvalue weighted by atomic mass is 32.2. The van der Waals surface area contributed by atoms with Gasteiger partial charge in [-0.25, -0.2) is 8.42 Å². The van der Waals surface area contributed by atoms with Crippen molar-refractivity contribution in [2.24, 2.45) is 0 Å². The van der Waals surface area contributed by atoms with Gasteiger partial charge in [-0.15, -0.1) is 0 Å². The van der Waals surface area contributed by atoms with Gasteiger partial charge < -0.3 is 10.4 Å². The van der Waals surface area contributed by atoms with Crippen molar-refractivity contribution in [1.82, 2.24) is 5.32 Å². The van der Waals surface area contributed by atoms with Crippen LogP contribution in [0.5, 0.6) is 5.75 Å². The lowest BCUT2D eigenvalue weighted by molar-refractivity contribution is 0.475. The number of hydrogen-bond donors (Lipinski definition) is 2. The Morgan fingerprint density at radius 2 is 1.60 bits per heavy atom. The largest absolute Gasteiger partial charge is 0.508 e. The molecule has 0 aliphatic rings. The van der Waals surface area contributed by atoms with Crippen LogP contribution >= 0.6 is 0 Å². The normalized spacial score (nSPS) is 11.4. The minimum absolute atomic E-state index is 0.0646. The molecule has 0 aliphatic carbocycles. The van der Waals surface area contributed by atoms with Gasteiger partial charge in [0.15, 0.2) is 9.84 Å². The average Bonchev–Trinajstić information content (AvgIpc) is 2.46. The zero-order valence-electron chi connectivity index (χ0n) is 11.0. The number of hydrogen-bond acceptors (Lipinski definition) is 4. The lowest BCUT2D eigenvalue weighted by Gasteiger charge is -2.06. The minimum atomic E-state index is -3.22. The number of phenols is 1. The van der Waals surface area contributed by atoms with Crippen LogP contribution in [0.2, 0.25) is 0 Å². The molecule has 2 N–H and O–H groups in total. The Kier molecular flexibility index (Phi) is 4.76. The second-order valence-electron chi connectivity index (χ2n) is 4.48. The Balaban J connectivity index is 1.83. The lowest BCUT2D eigenvalue weighted by Crippen LogP contribution is -2.22. The van der Waals surface area contributed by atoms with Crippen molar-refractivity contribution in [1.29, 1.82) is 0 Å². The number of benzene rings is 2. The van der Waals surface area contributed by atoms with Gasteiger partial charge in [0.2, 0.25) is 0 Å². The van der Waals surface area contributed by atoms with E-state index >= 15 is 0 Å². The summed E-state index contributed by atoms with van der Waals surface area (Å²) in [5.74, 6) is 0.287. The summed E-state index contributed by atoms with van der Waals surface area (Å²) in [5.41, 5.74) is 1.000. The summed E-state index contributed by atoms with van der Waals surface area (Å²) >= 11 is 0. The summed E-state index contributed by atoms with van der Waals surface area (Å²) in [6, 6.07) is 15.3. The molecule has 0 heterocycles. The standard InChI is InChI=1S/C15H17NO3S/c17-14-8-6-13(7-9-14)12-16-10-11-20(18,19)15-4-2-1-3-5-15/h1-9,16-17H,10-12H2. The van der Waals surface area contributed by atoms with Crippen molar-refractivity contribution < 1.29 is 13.5 Å². The van der Waals surface area contributed by atoms with Gasteiger partial charge in [0, 0.05) is 13.1 Å². The number of nitrogens with one attached hydrogen (secondary N) is 1. The van der Waals surface area contributed by atoms with Gasteiger partial charge in [-0.2, -0.15) is 0 Å². The summed E-state index contributed by atoms with van der Waals surface area (Å²) in [6.07, 6.45) is 0. The van der Waals surface area contributed by atoms with E-state index in [2.05, 4.69) is 5.32 Å². The topological polar surface area (TPSA) is 66.4 Å². The summed E-state index contributed by atoms with van der Waals surface area (Å²) < 4.78 is 24.0. The van der Waals surface area contributed by atoms with E-state index in [1.165, 1.54) is 0 Å². The van der Waals surface area contributed by atoms with Crippen LogP contribution in [-0.4, -0.2) is 25.8 Å². The molecule has 0 aliphatic heterocycles. The Morgan fingerprint density at radius 3 is 2.25 bits per heavy atom. The van der Waals surface area contributed by atoms with Gasteiger partial charge in [-0.3, -0.25) is 0 Å². The molecule has 2 rings (SSSR count). The predicted molar refractivity (Wildman–Crippen MR) is 78.3 cm³/mol. The quantitative estimate of drug-likeness (QED) is 0.798. The van der Waals surface area contributed by atoms with Crippen LogP contribution in [0.3, 0.4) is 0 Å². The minimum Gasteiger partial charge on any atom is -0.508 e. The highest BCUT2D eigenvalue weighted by molar-refractivity contribution is 7.91. The molecule has 5 heteroatoms. The van der Waals surface area contributed by atoms with Crippen LogP contribution in [0.25, 0.3) is 0 Å². The van der Waals surface area contributed by atoms with Gasteiger partial charge >= 0.3 is 0 Å². The monoisotopic (exact) mass is 291 g/mol. The molecular formula is C15H17NO3S. The molecule has 0 amide bonds. The summed E-state index contributed by atoms with van der Waals surface area (Å²) in [6.45, 7) is 0.961. The third kappa shape index (κ3) is 4.08. The molecule has 0 atom stereocenters. The van der Waals surface area contributed by atoms with Crippen molar-refractivity contribution >= 4 is 9.84 Å². The predicted octanol–water partition coefficient (Wildman–Crippen LogP) is 1.96. The maximum Gasteiger partial charge on any atom is 0.179 e. The first-order valence-electron chi connectivity index (χ1n) is 6.34. The second-order valence-corrected chi connectivity index (χ2v) is 6.58. The number of aromatic hydroxyl groups is 1. The first-order chi connectivity index (χ1) is 9.58. The highest BCUT2D eigenvalue weighted by Gasteiger charge is 2.12. The van der Waals surface area contributed by atoms with Crippen molar-refractivity contribution in [3.8, 4) is 5.75 Å². The second kappa shape index (κ2) is 6.54. The Labute approximate surface area is 119 Å². The molecule has 0 radical (unpaired) electrons. The number of phenolic OH excluding ortho intramolecular Hbond substituents is 1. The molecule has 0 aromatic heterocycles. The Bertz CT molecular complexity index is 637. The molecule has 0 saturated heterocycles. The summed E-state index contributed by atoms with van der Waals surface area (Å²) in [5, 5.41) is 12.2. The summed E-state index contributed by atoms with van der Waals surface area (Å²) in [4.78, 5) is 0.353. The third-order valence-corrected chi connectivity index (χ3v) is 4.65. The smallest absolute Gasteiger partial charge is 0.179 e. The molecular weight excluding hydrogens is 274 g/mol. The van der Waals surface area contributed by atoms with Crippen molar-refractivity contribution in [3.05, 3.63) is 60.2 Å². The number of rotatable bonds is 6. The molecule has 0 unspecified atom stereocenters. The van der Waals surface area contributed by atoms with Gasteiger partial charge in [0.1, 0.15) is 5.75 Å². The molecule has 2 aromatic rings. The van der Waals surface area contributed by atoms with Crippen LogP contribution in [0.15, 0.2) is 59.5 Å². The Morgan fingerprint density at radius 1 is 0.950 bits per heavy atom. The van der Waals surface area contributed by atoms with E-state index in [1.807, 2.05) is 0 Å². The van der Waals surface area contributed by atoms with Crippen molar-refractivity contribution in [3.63, 3.8) is 0 Å². The fourth-order valence-electron chi connectivity index (χ4n) is 1.80. The van der Waals surface area contributed by atoms with Crippen molar-refractivity contribution in [2.75, 3.05) is 12.3 Å². The van der Waals surface area contributed by atoms with Gasteiger partial charge in [0.25, 0.3) is 0 Å². The highest BCUT2D eigenvalue weighted by Crippen LogP contribution is 2.10. The fraction of sp³-hybridized carbons (Fsp3) is 0.200. The molecule has 0 fully saturated rings. The molecule has 106 valence electrons. The molecule has 20 heavy (non-hydrogen) atoms. The van der Waals surface area contributed by atoms with E-state index in [1.54, 1.807) is 54.6 Å². The van der Waals surface area contributed by atoms with E-state index in [9.17, 15) is 8.42 Å². The van der Waals surface area contributed by atoms with Crippen molar-refractivity contribution in [2.45, 2.75) is 11.4 Å². The van der Waals surface area contributed by atoms with Gasteiger partial charge in [-0.1, -0.05) is 30.3 Å². The van der Waals surface area contributed by atoms with Crippen LogP contribution in [0.1, 0.15) is 5.56 Å². The van der Waals surface area contributed by atoms with Gasteiger partial charge in [-0.05, 0) is 29.8 Å². The zero-order chi connectivity index (χ0) is 14.4. The fourth-order valence-corrected chi connectivity index (χ4v) is 3.02. The van der Waals surface area contributed by atoms with Crippen LogP contribution < -0.4 is 5.32 Å². The maximum absolute atomic E-state index is 12.0. The van der Waals surface area contributed by atoms with Gasteiger partial charge in [0.05, 0.1) is 10.6 Å². The van der Waals surface area contributed by atoms with E-state index in [4.69, 9.17) is 5.11 Å². The van der Waals surface area contributed by atoms with E-state index in [-0.39, 0.29) is 11.5 Å². The molecule has 0 saturated carbocycles. The van der Waals surface area contributed by atoms with Crippen LogP contribution in [0.4, 0.5) is 0 Å². The van der Waals surface area contributed by atoms with E-state index in [0.717, 1.165) is 5.56 Å². The van der Waals surface area contributed by atoms with Crippen LogP contribution in [0, 0.1) is 0 Å². The molecule has 0 spiro atoms. The molecule has 0 bridgehead atoms. The SMILES string of the molecule is O=S(=O)(CCNCc1ccc(O)cc1)c1ccccc1. The first-order valence-corrected chi connectivity index (χ1v) is 7.99. The maximum atomic E-state index is 12.0. The first kappa shape index (κ1) is 14.6. The Hall–Kier alpha value is -1.85. The lowest BCUT2D eigenvalue weighted by atomic mass is 10.2. The average molecular weight is 291 g/mol. The summed E-state index contributed by atoms with van der Waals surface area (Å²) in [7, 11) is -3.22. The number of sulfone groups is 1.